The standard InChI is InChI=1S/C19H21N5O3/c1-12-13(2)24(14(3)22-12)19-20-9-15(10-21-19)23-18(25)11-27-17-7-5-6-16(8-17)26-4/h5-10H,11H2,1-4H3,(H,23,25). The highest BCUT2D eigenvalue weighted by Gasteiger charge is 2.12. The molecule has 140 valence electrons. The van der Waals surface area contributed by atoms with E-state index in [-0.39, 0.29) is 12.5 Å². The van der Waals surface area contributed by atoms with Crippen LogP contribution in [0, 0.1) is 20.8 Å². The number of carbonyl (C=O) groups is 1. The Labute approximate surface area is 157 Å². The fourth-order valence-corrected chi connectivity index (χ4v) is 2.61. The van der Waals surface area contributed by atoms with Crippen LogP contribution in [0.25, 0.3) is 5.95 Å². The van der Waals surface area contributed by atoms with Crippen LogP contribution >= 0.6 is 0 Å². The van der Waals surface area contributed by atoms with Crippen LogP contribution in [0.4, 0.5) is 5.69 Å². The summed E-state index contributed by atoms with van der Waals surface area (Å²) in [6.45, 7) is 5.67. The van der Waals surface area contributed by atoms with Gasteiger partial charge in [-0.05, 0) is 32.9 Å². The molecule has 0 aliphatic rings. The Morgan fingerprint density at radius 3 is 2.48 bits per heavy atom. The lowest BCUT2D eigenvalue weighted by Gasteiger charge is -2.09. The summed E-state index contributed by atoms with van der Waals surface area (Å²) >= 11 is 0. The van der Waals surface area contributed by atoms with E-state index < -0.39 is 0 Å². The maximum absolute atomic E-state index is 12.1. The summed E-state index contributed by atoms with van der Waals surface area (Å²) in [4.78, 5) is 25.1. The number of hydrogen-bond acceptors (Lipinski definition) is 6. The third kappa shape index (κ3) is 4.22. The molecule has 3 aromatic rings. The van der Waals surface area contributed by atoms with Crippen LogP contribution < -0.4 is 14.8 Å². The maximum atomic E-state index is 12.1. The van der Waals surface area contributed by atoms with Crippen molar-refractivity contribution in [3.05, 3.63) is 53.9 Å². The molecule has 0 spiro atoms. The fourth-order valence-electron chi connectivity index (χ4n) is 2.61. The summed E-state index contributed by atoms with van der Waals surface area (Å²) in [5, 5.41) is 2.71. The van der Waals surface area contributed by atoms with Gasteiger partial charge in [-0.3, -0.25) is 9.36 Å². The number of amides is 1. The molecule has 8 nitrogen and oxygen atoms in total. The summed E-state index contributed by atoms with van der Waals surface area (Å²) in [7, 11) is 1.57. The molecule has 0 saturated carbocycles. The number of anilines is 1. The molecular weight excluding hydrogens is 346 g/mol. The average molecular weight is 367 g/mol. The van der Waals surface area contributed by atoms with Gasteiger partial charge in [-0.25, -0.2) is 15.0 Å². The van der Waals surface area contributed by atoms with Gasteiger partial charge in [-0.2, -0.15) is 0 Å². The molecule has 0 saturated heterocycles. The van der Waals surface area contributed by atoms with Crippen molar-refractivity contribution in [2.45, 2.75) is 20.8 Å². The van der Waals surface area contributed by atoms with E-state index in [2.05, 4.69) is 20.3 Å². The Kier molecular flexibility index (Phi) is 5.35. The molecule has 2 aromatic heterocycles. The summed E-state index contributed by atoms with van der Waals surface area (Å²) in [6, 6.07) is 7.06. The zero-order valence-electron chi connectivity index (χ0n) is 15.7. The predicted molar refractivity (Wildman–Crippen MR) is 100 cm³/mol. The van der Waals surface area contributed by atoms with E-state index in [4.69, 9.17) is 9.47 Å². The molecule has 8 heteroatoms. The first kappa shape index (κ1) is 18.4. The average Bonchev–Trinajstić information content (AvgIpc) is 2.93. The van der Waals surface area contributed by atoms with E-state index in [0.29, 0.717) is 23.1 Å². The molecule has 0 bridgehead atoms. The molecular formula is C19H21N5O3. The molecule has 1 N–H and O–H groups in total. The quantitative estimate of drug-likeness (QED) is 0.720. The van der Waals surface area contributed by atoms with Crippen molar-refractivity contribution >= 4 is 11.6 Å². The van der Waals surface area contributed by atoms with Gasteiger partial charge >= 0.3 is 0 Å². The second-order valence-corrected chi connectivity index (χ2v) is 5.95. The Balaban J connectivity index is 1.61. The lowest BCUT2D eigenvalue weighted by atomic mass is 10.3. The van der Waals surface area contributed by atoms with Crippen molar-refractivity contribution in [1.29, 1.82) is 0 Å². The number of aromatic nitrogens is 4. The minimum absolute atomic E-state index is 0.131. The van der Waals surface area contributed by atoms with Crippen LogP contribution in [-0.2, 0) is 4.79 Å². The van der Waals surface area contributed by atoms with Crippen molar-refractivity contribution in [3.63, 3.8) is 0 Å². The molecule has 1 aromatic carbocycles. The Bertz CT molecular complexity index is 950. The number of methoxy groups -OCH3 is 1. The van der Waals surface area contributed by atoms with Crippen LogP contribution in [0.1, 0.15) is 17.2 Å². The van der Waals surface area contributed by atoms with Crippen molar-refractivity contribution in [2.75, 3.05) is 19.0 Å². The highest BCUT2D eigenvalue weighted by molar-refractivity contribution is 5.91. The van der Waals surface area contributed by atoms with E-state index in [9.17, 15) is 4.79 Å². The van der Waals surface area contributed by atoms with E-state index >= 15 is 0 Å². The van der Waals surface area contributed by atoms with Gasteiger partial charge in [0.05, 0.1) is 30.9 Å². The number of rotatable bonds is 6. The number of carbonyl (C=O) groups excluding carboxylic acids is 1. The van der Waals surface area contributed by atoms with Gasteiger partial charge < -0.3 is 14.8 Å². The van der Waals surface area contributed by atoms with Gasteiger partial charge in [-0.15, -0.1) is 0 Å². The van der Waals surface area contributed by atoms with Crippen LogP contribution in [0.3, 0.4) is 0 Å². The van der Waals surface area contributed by atoms with Gasteiger partial charge in [0.2, 0.25) is 5.95 Å². The van der Waals surface area contributed by atoms with E-state index in [1.165, 1.54) is 0 Å². The number of benzene rings is 1. The SMILES string of the molecule is COc1cccc(OCC(=O)Nc2cnc(-n3c(C)nc(C)c3C)nc2)c1. The molecule has 2 heterocycles. The topological polar surface area (TPSA) is 91.2 Å². The maximum Gasteiger partial charge on any atom is 0.262 e. The molecule has 3 rings (SSSR count). The summed E-state index contributed by atoms with van der Waals surface area (Å²) in [6.07, 6.45) is 3.11. The molecule has 0 radical (unpaired) electrons. The van der Waals surface area contributed by atoms with Crippen LogP contribution in [0.5, 0.6) is 11.5 Å². The van der Waals surface area contributed by atoms with Crippen LogP contribution in [0.2, 0.25) is 0 Å². The second-order valence-electron chi connectivity index (χ2n) is 5.95. The van der Waals surface area contributed by atoms with Gasteiger partial charge in [0.15, 0.2) is 6.61 Å². The first-order chi connectivity index (χ1) is 13.0. The van der Waals surface area contributed by atoms with Crippen molar-refractivity contribution in [2.24, 2.45) is 0 Å². The van der Waals surface area contributed by atoms with Crippen molar-refractivity contribution in [3.8, 4) is 17.4 Å². The highest BCUT2D eigenvalue weighted by atomic mass is 16.5. The monoisotopic (exact) mass is 367 g/mol. The first-order valence-electron chi connectivity index (χ1n) is 8.39. The molecule has 1 amide bonds. The van der Waals surface area contributed by atoms with E-state index in [1.54, 1.807) is 43.8 Å². The minimum Gasteiger partial charge on any atom is -0.497 e. The molecule has 0 fully saturated rings. The first-order valence-corrected chi connectivity index (χ1v) is 8.39. The van der Waals surface area contributed by atoms with E-state index in [1.807, 2.05) is 25.3 Å². The van der Waals surface area contributed by atoms with Gasteiger partial charge in [-0.1, -0.05) is 6.07 Å². The number of hydrogen-bond donors (Lipinski definition) is 1. The van der Waals surface area contributed by atoms with E-state index in [0.717, 1.165) is 17.2 Å². The van der Waals surface area contributed by atoms with Crippen molar-refractivity contribution in [1.82, 2.24) is 19.5 Å². The molecule has 0 unspecified atom stereocenters. The number of nitrogens with one attached hydrogen (secondary N) is 1. The molecule has 0 aliphatic carbocycles. The molecule has 27 heavy (non-hydrogen) atoms. The lowest BCUT2D eigenvalue weighted by Crippen LogP contribution is -2.20. The number of ether oxygens (including phenoxy) is 2. The Morgan fingerprint density at radius 2 is 1.85 bits per heavy atom. The normalized spacial score (nSPS) is 10.5. The summed E-state index contributed by atoms with van der Waals surface area (Å²) < 4.78 is 12.5. The fraction of sp³-hybridized carbons (Fsp3) is 0.263. The third-order valence-corrected chi connectivity index (χ3v) is 4.05. The Morgan fingerprint density at radius 1 is 1.15 bits per heavy atom. The zero-order valence-corrected chi connectivity index (χ0v) is 15.7. The van der Waals surface area contributed by atoms with Gasteiger partial charge in [0.1, 0.15) is 17.3 Å². The molecule has 0 aliphatic heterocycles. The number of imidazole rings is 1. The van der Waals surface area contributed by atoms with Crippen molar-refractivity contribution < 1.29 is 14.3 Å². The van der Waals surface area contributed by atoms with Gasteiger partial charge in [0.25, 0.3) is 5.91 Å². The number of nitrogens with zero attached hydrogens (tertiary/aromatic N) is 4. The highest BCUT2D eigenvalue weighted by Crippen LogP contribution is 2.19. The second kappa shape index (κ2) is 7.86. The smallest absolute Gasteiger partial charge is 0.262 e. The summed E-state index contributed by atoms with van der Waals surface area (Å²) in [5.41, 5.74) is 2.41. The largest absolute Gasteiger partial charge is 0.497 e. The van der Waals surface area contributed by atoms with Crippen LogP contribution in [-0.4, -0.2) is 39.1 Å². The summed E-state index contributed by atoms with van der Waals surface area (Å²) in [5.74, 6) is 2.24. The Hall–Kier alpha value is -3.42. The predicted octanol–water partition coefficient (Wildman–Crippen LogP) is 2.61. The third-order valence-electron chi connectivity index (χ3n) is 4.05. The van der Waals surface area contributed by atoms with Crippen LogP contribution in [0.15, 0.2) is 36.7 Å². The minimum atomic E-state index is -0.306. The van der Waals surface area contributed by atoms with Gasteiger partial charge in [0, 0.05) is 11.8 Å². The zero-order chi connectivity index (χ0) is 19.4. The number of aryl methyl sites for hydroxylation is 2. The molecule has 0 atom stereocenters. The lowest BCUT2D eigenvalue weighted by molar-refractivity contribution is -0.118.